The van der Waals surface area contributed by atoms with Crippen LogP contribution in [0.5, 0.6) is 0 Å². The minimum Gasteiger partial charge on any atom is -0.382 e. The number of hydrogen-bond donors (Lipinski definition) is 1. The molecular weight excluding hydrogens is 264 g/mol. The number of nitrogens with one attached hydrogen (secondary N) is 1. The van der Waals surface area contributed by atoms with Gasteiger partial charge in [-0.15, -0.1) is 11.3 Å². The van der Waals surface area contributed by atoms with Gasteiger partial charge in [0.15, 0.2) is 0 Å². The molecule has 1 heterocycles. The maximum absolute atomic E-state index is 4.52. The van der Waals surface area contributed by atoms with Crippen molar-refractivity contribution in [1.29, 1.82) is 0 Å². The highest BCUT2D eigenvalue weighted by molar-refractivity contribution is 7.18. The summed E-state index contributed by atoms with van der Waals surface area (Å²) in [5.74, 6) is 1.45. The lowest BCUT2D eigenvalue weighted by Crippen LogP contribution is -2.23. The largest absolute Gasteiger partial charge is 0.382 e. The van der Waals surface area contributed by atoms with E-state index in [9.17, 15) is 0 Å². The van der Waals surface area contributed by atoms with Gasteiger partial charge >= 0.3 is 0 Å². The average molecular weight is 290 g/mol. The number of nitrogens with zero attached hydrogens (tertiary/aromatic N) is 1. The normalized spacial score (nSPS) is 12.0. The number of hydrogen-bond acceptors (Lipinski definition) is 3. The van der Waals surface area contributed by atoms with Crippen molar-refractivity contribution < 1.29 is 0 Å². The van der Waals surface area contributed by atoms with Gasteiger partial charge in [-0.3, -0.25) is 0 Å². The van der Waals surface area contributed by atoms with Gasteiger partial charge in [0, 0.05) is 11.7 Å². The van der Waals surface area contributed by atoms with Gasteiger partial charge in [0.2, 0.25) is 0 Å². The van der Waals surface area contributed by atoms with Crippen molar-refractivity contribution in [2.45, 2.75) is 53.5 Å². The summed E-state index contributed by atoms with van der Waals surface area (Å²) in [5, 5.41) is 4.86. The van der Waals surface area contributed by atoms with Crippen LogP contribution in [0, 0.1) is 18.8 Å². The molecule has 20 heavy (non-hydrogen) atoms. The van der Waals surface area contributed by atoms with Gasteiger partial charge in [-0.1, -0.05) is 27.7 Å². The van der Waals surface area contributed by atoms with E-state index in [0.29, 0.717) is 6.04 Å². The van der Waals surface area contributed by atoms with E-state index in [4.69, 9.17) is 0 Å². The molecule has 0 saturated carbocycles. The molecule has 0 fully saturated rings. The van der Waals surface area contributed by atoms with Crippen LogP contribution in [0.3, 0.4) is 0 Å². The van der Waals surface area contributed by atoms with E-state index < -0.39 is 0 Å². The first-order valence-corrected chi connectivity index (χ1v) is 8.39. The smallest absolute Gasteiger partial charge is 0.0907 e. The molecule has 2 nitrogen and oxygen atoms in total. The molecule has 0 unspecified atom stereocenters. The molecule has 0 aliphatic carbocycles. The van der Waals surface area contributed by atoms with E-state index >= 15 is 0 Å². The molecule has 0 saturated heterocycles. The molecular formula is C17H26N2S. The van der Waals surface area contributed by atoms with E-state index in [1.165, 1.54) is 23.2 Å². The summed E-state index contributed by atoms with van der Waals surface area (Å²) in [4.78, 5) is 4.52. The van der Waals surface area contributed by atoms with Crippen molar-refractivity contribution in [3.05, 3.63) is 23.2 Å². The number of rotatable bonds is 6. The molecule has 0 bridgehead atoms. The highest BCUT2D eigenvalue weighted by atomic mass is 32.1. The molecule has 0 aliphatic rings. The average Bonchev–Trinajstić information content (AvgIpc) is 2.66. The van der Waals surface area contributed by atoms with Crippen molar-refractivity contribution in [2.24, 2.45) is 11.8 Å². The predicted molar refractivity (Wildman–Crippen MR) is 90.7 cm³/mol. The quantitative estimate of drug-likeness (QED) is 0.762. The molecule has 110 valence electrons. The number of thiazole rings is 1. The van der Waals surface area contributed by atoms with Crippen LogP contribution in [-0.2, 0) is 0 Å². The van der Waals surface area contributed by atoms with Gasteiger partial charge in [0.05, 0.1) is 15.2 Å². The second-order valence-corrected chi connectivity index (χ2v) is 7.75. The van der Waals surface area contributed by atoms with Gasteiger partial charge in [-0.25, -0.2) is 4.98 Å². The highest BCUT2D eigenvalue weighted by Gasteiger charge is 2.13. The Hall–Kier alpha value is -1.09. The van der Waals surface area contributed by atoms with Gasteiger partial charge in [0.25, 0.3) is 0 Å². The summed E-state index contributed by atoms with van der Waals surface area (Å²) in [7, 11) is 0. The lowest BCUT2D eigenvalue weighted by Gasteiger charge is -2.23. The van der Waals surface area contributed by atoms with Crippen LogP contribution in [0.2, 0.25) is 0 Å². The molecule has 2 aromatic rings. The minimum atomic E-state index is 0.557. The molecule has 3 heteroatoms. The van der Waals surface area contributed by atoms with E-state index in [1.54, 1.807) is 11.3 Å². The molecule has 1 aromatic heterocycles. The molecule has 1 N–H and O–H groups in total. The Kier molecular flexibility index (Phi) is 5.03. The highest BCUT2D eigenvalue weighted by Crippen LogP contribution is 2.26. The van der Waals surface area contributed by atoms with E-state index in [2.05, 4.69) is 63.1 Å². The number of aromatic nitrogens is 1. The fourth-order valence-corrected chi connectivity index (χ4v) is 3.58. The maximum Gasteiger partial charge on any atom is 0.0907 e. The summed E-state index contributed by atoms with van der Waals surface area (Å²) in [5.41, 5.74) is 2.34. The number of fused-ring (bicyclic) bond motifs is 1. The molecule has 0 spiro atoms. The Labute approximate surface area is 126 Å². The van der Waals surface area contributed by atoms with Gasteiger partial charge in [0.1, 0.15) is 0 Å². The van der Waals surface area contributed by atoms with Crippen molar-refractivity contribution in [1.82, 2.24) is 4.98 Å². The third-order valence-electron chi connectivity index (χ3n) is 3.38. The summed E-state index contributed by atoms with van der Waals surface area (Å²) < 4.78 is 1.28. The Morgan fingerprint density at radius 3 is 2.35 bits per heavy atom. The fraction of sp³-hybridized carbons (Fsp3) is 0.588. The van der Waals surface area contributed by atoms with E-state index in [0.717, 1.165) is 22.4 Å². The zero-order chi connectivity index (χ0) is 14.7. The van der Waals surface area contributed by atoms with Gasteiger partial charge in [-0.05, 0) is 49.8 Å². The fourth-order valence-electron chi connectivity index (χ4n) is 2.72. The zero-order valence-corrected chi connectivity index (χ0v) is 14.1. The van der Waals surface area contributed by atoms with Crippen molar-refractivity contribution in [3.8, 4) is 0 Å². The first kappa shape index (κ1) is 15.3. The molecule has 0 amide bonds. The van der Waals surface area contributed by atoms with Crippen LogP contribution < -0.4 is 5.32 Å². The second kappa shape index (κ2) is 6.57. The Bertz CT molecular complexity index is 547. The molecule has 2 rings (SSSR count). The van der Waals surface area contributed by atoms with Crippen molar-refractivity contribution in [2.75, 3.05) is 5.32 Å². The van der Waals surface area contributed by atoms with Crippen LogP contribution in [-0.4, -0.2) is 11.0 Å². The monoisotopic (exact) mass is 290 g/mol. The molecule has 0 atom stereocenters. The third kappa shape index (κ3) is 4.20. The zero-order valence-electron chi connectivity index (χ0n) is 13.2. The van der Waals surface area contributed by atoms with E-state index in [1.807, 2.05) is 0 Å². The van der Waals surface area contributed by atoms with Crippen molar-refractivity contribution in [3.63, 3.8) is 0 Å². The number of aryl methyl sites for hydroxylation is 1. The summed E-state index contributed by atoms with van der Waals surface area (Å²) in [6.07, 6.45) is 2.44. The summed E-state index contributed by atoms with van der Waals surface area (Å²) in [6.45, 7) is 11.3. The first-order valence-electron chi connectivity index (χ1n) is 7.57. The van der Waals surface area contributed by atoms with Crippen molar-refractivity contribution >= 4 is 27.2 Å². The number of benzene rings is 1. The van der Waals surface area contributed by atoms with E-state index in [-0.39, 0.29) is 0 Å². The summed E-state index contributed by atoms with van der Waals surface area (Å²) in [6, 6.07) is 7.09. The Morgan fingerprint density at radius 1 is 1.10 bits per heavy atom. The Balaban J connectivity index is 2.14. The lowest BCUT2D eigenvalue weighted by molar-refractivity contribution is 0.442. The van der Waals surface area contributed by atoms with Gasteiger partial charge in [-0.2, -0.15) is 0 Å². The topological polar surface area (TPSA) is 24.9 Å². The Morgan fingerprint density at radius 2 is 1.75 bits per heavy atom. The van der Waals surface area contributed by atoms with Crippen LogP contribution in [0.25, 0.3) is 10.2 Å². The standard InChI is InChI=1S/C17H26N2S/c1-11(2)8-15(9-12(3)4)19-14-6-7-16-17(10-14)20-13(5)18-16/h6-7,10-12,15,19H,8-9H2,1-5H3. The van der Waals surface area contributed by atoms with Crippen LogP contribution in [0.4, 0.5) is 5.69 Å². The first-order chi connectivity index (χ1) is 9.44. The maximum atomic E-state index is 4.52. The second-order valence-electron chi connectivity index (χ2n) is 6.52. The molecule has 0 aliphatic heterocycles. The molecule has 1 aromatic carbocycles. The van der Waals surface area contributed by atoms with Crippen LogP contribution >= 0.6 is 11.3 Å². The number of anilines is 1. The third-order valence-corrected chi connectivity index (χ3v) is 4.31. The van der Waals surface area contributed by atoms with Crippen LogP contribution in [0.1, 0.15) is 45.5 Å². The minimum absolute atomic E-state index is 0.557. The predicted octanol–water partition coefficient (Wildman–Crippen LogP) is 5.48. The van der Waals surface area contributed by atoms with Crippen LogP contribution in [0.15, 0.2) is 18.2 Å². The summed E-state index contributed by atoms with van der Waals surface area (Å²) >= 11 is 1.77. The SMILES string of the molecule is Cc1nc2ccc(NC(CC(C)C)CC(C)C)cc2s1. The lowest BCUT2D eigenvalue weighted by atomic mass is 9.95. The molecule has 0 radical (unpaired) electrons. The van der Waals surface area contributed by atoms with Gasteiger partial charge < -0.3 is 5.32 Å².